The van der Waals surface area contributed by atoms with E-state index in [0.29, 0.717) is 12.0 Å². The average molecular weight is 265 g/mol. The number of benzene rings is 1. The van der Waals surface area contributed by atoms with E-state index in [1.54, 1.807) is 14.2 Å². The van der Waals surface area contributed by atoms with Gasteiger partial charge in [-0.05, 0) is 31.4 Å². The van der Waals surface area contributed by atoms with Crippen LogP contribution in [0.3, 0.4) is 0 Å². The molecule has 0 aliphatic carbocycles. The molecule has 0 aliphatic heterocycles. The first-order chi connectivity index (χ1) is 9.24. The molecule has 1 rings (SSSR count). The van der Waals surface area contributed by atoms with Gasteiger partial charge in [-0.3, -0.25) is 0 Å². The predicted molar refractivity (Wildman–Crippen MR) is 79.7 cm³/mol. The lowest BCUT2D eigenvalue weighted by molar-refractivity contribution is 0.169. The summed E-state index contributed by atoms with van der Waals surface area (Å²) in [7, 11) is 3.49. The molecular weight excluding hydrogens is 238 g/mol. The van der Waals surface area contributed by atoms with Crippen LogP contribution in [-0.4, -0.2) is 27.4 Å². The molecule has 2 atom stereocenters. The normalized spacial score (nSPS) is 14.1. The quantitative estimate of drug-likeness (QED) is 0.742. The highest BCUT2D eigenvalue weighted by molar-refractivity contribution is 5.36. The number of hydrogen-bond acceptors (Lipinski definition) is 3. The van der Waals surface area contributed by atoms with E-state index in [4.69, 9.17) is 9.47 Å². The highest BCUT2D eigenvalue weighted by Gasteiger charge is 2.21. The van der Waals surface area contributed by atoms with Gasteiger partial charge in [0.1, 0.15) is 5.75 Å². The van der Waals surface area contributed by atoms with Crippen LogP contribution in [0.15, 0.2) is 24.3 Å². The van der Waals surface area contributed by atoms with E-state index in [1.165, 1.54) is 5.56 Å². The van der Waals surface area contributed by atoms with Crippen molar-refractivity contribution < 1.29 is 9.47 Å². The summed E-state index contributed by atoms with van der Waals surface area (Å²) >= 11 is 0. The Hall–Kier alpha value is -1.06. The third-order valence-electron chi connectivity index (χ3n) is 3.43. The molecule has 3 nitrogen and oxygen atoms in total. The summed E-state index contributed by atoms with van der Waals surface area (Å²) in [5, 5.41) is 3.63. The van der Waals surface area contributed by atoms with Crippen molar-refractivity contribution in [1.29, 1.82) is 0 Å². The third-order valence-corrected chi connectivity index (χ3v) is 3.43. The molecule has 1 aromatic rings. The summed E-state index contributed by atoms with van der Waals surface area (Å²) in [5.41, 5.74) is 1.24. The summed E-state index contributed by atoms with van der Waals surface area (Å²) in [6.07, 6.45) is 2.17. The van der Waals surface area contributed by atoms with Crippen molar-refractivity contribution in [1.82, 2.24) is 5.32 Å². The van der Waals surface area contributed by atoms with Crippen molar-refractivity contribution in [3.05, 3.63) is 29.8 Å². The van der Waals surface area contributed by atoms with Crippen molar-refractivity contribution >= 4 is 0 Å². The molecule has 1 N–H and O–H groups in total. The largest absolute Gasteiger partial charge is 0.496 e. The lowest BCUT2D eigenvalue weighted by Crippen LogP contribution is -2.28. The van der Waals surface area contributed by atoms with Crippen LogP contribution < -0.4 is 10.1 Å². The zero-order valence-electron chi connectivity index (χ0n) is 12.6. The minimum Gasteiger partial charge on any atom is -0.496 e. The van der Waals surface area contributed by atoms with Crippen molar-refractivity contribution in [3.8, 4) is 5.75 Å². The molecule has 0 amide bonds. The van der Waals surface area contributed by atoms with E-state index in [1.807, 2.05) is 12.1 Å². The number of nitrogens with one attached hydrogen (secondary N) is 1. The Morgan fingerprint density at radius 3 is 2.58 bits per heavy atom. The molecule has 3 heteroatoms. The van der Waals surface area contributed by atoms with Crippen LogP contribution in [0.1, 0.15) is 38.3 Å². The smallest absolute Gasteiger partial charge is 0.123 e. The highest BCUT2D eigenvalue weighted by Crippen LogP contribution is 2.31. The molecule has 0 spiro atoms. The topological polar surface area (TPSA) is 30.5 Å². The molecule has 0 saturated heterocycles. The van der Waals surface area contributed by atoms with Gasteiger partial charge in [0.15, 0.2) is 0 Å². The second kappa shape index (κ2) is 8.94. The average Bonchev–Trinajstić information content (AvgIpc) is 2.45. The second-order valence-corrected chi connectivity index (χ2v) is 4.93. The molecule has 0 bridgehead atoms. The molecular formula is C16H27NO2. The Morgan fingerprint density at radius 1 is 1.21 bits per heavy atom. The summed E-state index contributed by atoms with van der Waals surface area (Å²) in [6, 6.07) is 8.57. The monoisotopic (exact) mass is 265 g/mol. The third kappa shape index (κ3) is 4.84. The van der Waals surface area contributed by atoms with Crippen molar-refractivity contribution in [2.45, 2.75) is 32.7 Å². The molecule has 1 aromatic carbocycles. The number of rotatable bonds is 9. The van der Waals surface area contributed by atoms with Crippen LogP contribution in [0, 0.1) is 5.92 Å². The Bertz CT molecular complexity index is 354. The highest BCUT2D eigenvalue weighted by atomic mass is 16.5. The molecule has 0 aliphatic rings. The minimum absolute atomic E-state index is 0.311. The maximum atomic E-state index is 5.49. The number of methoxy groups -OCH3 is 2. The molecule has 0 aromatic heterocycles. The summed E-state index contributed by atoms with van der Waals surface area (Å²) in [6.45, 7) is 6.26. The Kier molecular flexibility index (Phi) is 7.53. The van der Waals surface area contributed by atoms with Gasteiger partial charge in [0.2, 0.25) is 0 Å². The maximum Gasteiger partial charge on any atom is 0.123 e. The number of ether oxygens (including phenoxy) is 2. The zero-order valence-corrected chi connectivity index (χ0v) is 12.6. The van der Waals surface area contributed by atoms with Gasteiger partial charge in [-0.2, -0.15) is 0 Å². The molecule has 0 saturated carbocycles. The van der Waals surface area contributed by atoms with Crippen LogP contribution in [0.4, 0.5) is 0 Å². The molecule has 2 unspecified atom stereocenters. The van der Waals surface area contributed by atoms with Gasteiger partial charge in [-0.1, -0.05) is 32.0 Å². The van der Waals surface area contributed by atoms with E-state index in [-0.39, 0.29) is 0 Å². The van der Waals surface area contributed by atoms with Crippen molar-refractivity contribution in [2.24, 2.45) is 5.92 Å². The number of hydrogen-bond donors (Lipinski definition) is 1. The van der Waals surface area contributed by atoms with E-state index in [2.05, 4.69) is 31.3 Å². The van der Waals surface area contributed by atoms with E-state index in [9.17, 15) is 0 Å². The van der Waals surface area contributed by atoms with Crippen LogP contribution in [0.2, 0.25) is 0 Å². The lowest BCUT2D eigenvalue weighted by Gasteiger charge is -2.27. The van der Waals surface area contributed by atoms with Crippen LogP contribution in [0.25, 0.3) is 0 Å². The second-order valence-electron chi connectivity index (χ2n) is 4.93. The minimum atomic E-state index is 0.311. The fraction of sp³-hybridized carbons (Fsp3) is 0.625. The summed E-state index contributed by atoms with van der Waals surface area (Å²) in [5.74, 6) is 1.46. The first-order valence-electron chi connectivity index (χ1n) is 7.09. The van der Waals surface area contributed by atoms with Gasteiger partial charge < -0.3 is 14.8 Å². The fourth-order valence-electron chi connectivity index (χ4n) is 2.31. The molecule has 19 heavy (non-hydrogen) atoms. The van der Waals surface area contributed by atoms with Crippen LogP contribution >= 0.6 is 0 Å². The molecule has 0 fully saturated rings. The van der Waals surface area contributed by atoms with E-state index in [0.717, 1.165) is 31.7 Å². The first-order valence-corrected chi connectivity index (χ1v) is 7.09. The molecule has 0 heterocycles. The first kappa shape index (κ1) is 16.0. The van der Waals surface area contributed by atoms with Gasteiger partial charge in [0.25, 0.3) is 0 Å². The van der Waals surface area contributed by atoms with E-state index < -0.39 is 0 Å². The van der Waals surface area contributed by atoms with Gasteiger partial charge in [-0.15, -0.1) is 0 Å². The Balaban J connectivity index is 2.88. The Morgan fingerprint density at radius 2 is 1.95 bits per heavy atom. The van der Waals surface area contributed by atoms with Crippen molar-refractivity contribution in [3.63, 3.8) is 0 Å². The van der Waals surface area contributed by atoms with Crippen molar-refractivity contribution in [2.75, 3.05) is 27.4 Å². The van der Waals surface area contributed by atoms with Gasteiger partial charge in [0.05, 0.1) is 7.11 Å². The molecule has 108 valence electrons. The Labute approximate surface area is 117 Å². The standard InChI is InChI=1S/C16H27NO2/c1-5-11-17-16(13(2)10-12-18-3)14-8-6-7-9-15(14)19-4/h6-9,13,16-17H,5,10-12H2,1-4H3. The SMILES string of the molecule is CCCNC(c1ccccc1OC)C(C)CCOC. The summed E-state index contributed by atoms with van der Waals surface area (Å²) < 4.78 is 10.7. The predicted octanol–water partition coefficient (Wildman–Crippen LogP) is 3.41. The molecule has 0 radical (unpaired) electrons. The maximum absolute atomic E-state index is 5.49. The summed E-state index contributed by atoms with van der Waals surface area (Å²) in [4.78, 5) is 0. The van der Waals surface area contributed by atoms with Crippen LogP contribution in [-0.2, 0) is 4.74 Å². The number of para-hydroxylation sites is 1. The fourth-order valence-corrected chi connectivity index (χ4v) is 2.31. The zero-order chi connectivity index (χ0) is 14.1. The lowest BCUT2D eigenvalue weighted by atomic mass is 9.91. The van der Waals surface area contributed by atoms with Gasteiger partial charge in [0, 0.05) is 25.3 Å². The van der Waals surface area contributed by atoms with Gasteiger partial charge in [-0.25, -0.2) is 0 Å². The van der Waals surface area contributed by atoms with Gasteiger partial charge >= 0.3 is 0 Å². The van der Waals surface area contributed by atoms with E-state index >= 15 is 0 Å². The van der Waals surface area contributed by atoms with Crippen LogP contribution in [0.5, 0.6) is 5.75 Å².